The summed E-state index contributed by atoms with van der Waals surface area (Å²) in [6, 6.07) is 0.707. The molecule has 2 aliphatic heterocycles. The number of likely N-dealkylation sites (tertiary alicyclic amines) is 2. The molecular formula is C17H35N3. The molecule has 0 spiro atoms. The molecule has 2 aliphatic rings. The predicted octanol–water partition coefficient (Wildman–Crippen LogP) is 2.43. The van der Waals surface area contributed by atoms with E-state index in [9.17, 15) is 0 Å². The third kappa shape index (κ3) is 4.71. The predicted molar refractivity (Wildman–Crippen MR) is 87.1 cm³/mol. The van der Waals surface area contributed by atoms with Crippen LogP contribution in [0.15, 0.2) is 0 Å². The van der Waals surface area contributed by atoms with Gasteiger partial charge in [-0.2, -0.15) is 0 Å². The third-order valence-corrected chi connectivity index (χ3v) is 5.67. The molecule has 2 fully saturated rings. The summed E-state index contributed by atoms with van der Waals surface area (Å²) in [5.74, 6) is 1.81. The molecular weight excluding hydrogens is 246 g/mol. The lowest BCUT2D eigenvalue weighted by atomic mass is 9.89. The van der Waals surface area contributed by atoms with Crippen molar-refractivity contribution >= 4 is 0 Å². The van der Waals surface area contributed by atoms with Crippen molar-refractivity contribution < 1.29 is 0 Å². The molecule has 0 aromatic heterocycles. The fraction of sp³-hybridized carbons (Fsp3) is 1.00. The summed E-state index contributed by atoms with van der Waals surface area (Å²) in [7, 11) is 0. The number of nitrogens with zero attached hydrogens (tertiary/aromatic N) is 2. The Morgan fingerprint density at radius 1 is 0.900 bits per heavy atom. The second-order valence-electron chi connectivity index (χ2n) is 6.85. The van der Waals surface area contributed by atoms with E-state index in [-0.39, 0.29) is 0 Å². The highest BCUT2D eigenvalue weighted by Crippen LogP contribution is 2.21. The molecule has 3 nitrogen and oxygen atoms in total. The summed E-state index contributed by atoms with van der Waals surface area (Å²) >= 11 is 0. The fourth-order valence-corrected chi connectivity index (χ4v) is 3.80. The van der Waals surface area contributed by atoms with E-state index in [1.165, 1.54) is 71.5 Å². The highest BCUT2D eigenvalue weighted by Gasteiger charge is 2.24. The molecule has 0 aromatic carbocycles. The second-order valence-corrected chi connectivity index (χ2v) is 6.85. The van der Waals surface area contributed by atoms with Crippen LogP contribution in [0.4, 0.5) is 0 Å². The molecule has 118 valence electrons. The van der Waals surface area contributed by atoms with Crippen LogP contribution in [-0.4, -0.2) is 61.7 Å². The number of hydrogen-bond acceptors (Lipinski definition) is 3. The van der Waals surface area contributed by atoms with Gasteiger partial charge in [0.15, 0.2) is 0 Å². The van der Waals surface area contributed by atoms with Crippen molar-refractivity contribution in [2.45, 2.75) is 52.5 Å². The van der Waals surface area contributed by atoms with E-state index in [0.29, 0.717) is 6.04 Å². The van der Waals surface area contributed by atoms with E-state index < -0.39 is 0 Å². The standard InChI is InChI=1S/C17H35N3/c1-4-19-10-6-16(7-11-19)14-18-15(3)17-8-12-20(5-2)13-9-17/h15-18H,4-14H2,1-3H3. The van der Waals surface area contributed by atoms with Gasteiger partial charge >= 0.3 is 0 Å². The van der Waals surface area contributed by atoms with Crippen LogP contribution in [0.3, 0.4) is 0 Å². The van der Waals surface area contributed by atoms with Crippen LogP contribution in [0.1, 0.15) is 46.5 Å². The van der Waals surface area contributed by atoms with Crippen molar-refractivity contribution in [3.8, 4) is 0 Å². The number of rotatable bonds is 6. The maximum atomic E-state index is 3.85. The van der Waals surface area contributed by atoms with E-state index >= 15 is 0 Å². The first-order valence-electron chi connectivity index (χ1n) is 8.91. The van der Waals surface area contributed by atoms with Crippen molar-refractivity contribution in [2.24, 2.45) is 11.8 Å². The van der Waals surface area contributed by atoms with E-state index in [4.69, 9.17) is 0 Å². The van der Waals surface area contributed by atoms with Gasteiger partial charge in [-0.1, -0.05) is 13.8 Å². The molecule has 0 aliphatic carbocycles. The van der Waals surface area contributed by atoms with Gasteiger partial charge in [-0.25, -0.2) is 0 Å². The van der Waals surface area contributed by atoms with Crippen molar-refractivity contribution in [3.63, 3.8) is 0 Å². The van der Waals surface area contributed by atoms with Gasteiger partial charge in [0.25, 0.3) is 0 Å². The molecule has 0 saturated carbocycles. The van der Waals surface area contributed by atoms with E-state index in [0.717, 1.165) is 11.8 Å². The van der Waals surface area contributed by atoms with Crippen LogP contribution in [0, 0.1) is 11.8 Å². The quantitative estimate of drug-likeness (QED) is 0.807. The molecule has 1 atom stereocenters. The zero-order valence-electron chi connectivity index (χ0n) is 13.9. The van der Waals surface area contributed by atoms with Gasteiger partial charge in [-0.05, 0) is 90.3 Å². The maximum absolute atomic E-state index is 3.85. The van der Waals surface area contributed by atoms with E-state index in [1.807, 2.05) is 0 Å². The van der Waals surface area contributed by atoms with Crippen molar-refractivity contribution in [3.05, 3.63) is 0 Å². The van der Waals surface area contributed by atoms with Crippen molar-refractivity contribution in [1.29, 1.82) is 0 Å². The molecule has 0 aromatic rings. The molecule has 2 rings (SSSR count). The van der Waals surface area contributed by atoms with Crippen LogP contribution in [0.5, 0.6) is 0 Å². The monoisotopic (exact) mass is 281 g/mol. The summed E-state index contributed by atoms with van der Waals surface area (Å²) < 4.78 is 0. The molecule has 0 amide bonds. The minimum absolute atomic E-state index is 0.707. The normalized spacial score (nSPS) is 25.9. The average Bonchev–Trinajstić information content (AvgIpc) is 2.53. The third-order valence-electron chi connectivity index (χ3n) is 5.67. The minimum atomic E-state index is 0.707. The van der Waals surface area contributed by atoms with Gasteiger partial charge in [-0.3, -0.25) is 0 Å². The first-order chi connectivity index (χ1) is 9.72. The Kier molecular flexibility index (Phi) is 6.79. The maximum Gasteiger partial charge on any atom is 0.00680 e. The molecule has 1 unspecified atom stereocenters. The summed E-state index contributed by atoms with van der Waals surface area (Å²) in [5.41, 5.74) is 0. The molecule has 2 saturated heterocycles. The Morgan fingerprint density at radius 3 is 1.90 bits per heavy atom. The Morgan fingerprint density at radius 2 is 1.40 bits per heavy atom. The number of nitrogens with one attached hydrogen (secondary N) is 1. The van der Waals surface area contributed by atoms with E-state index in [1.54, 1.807) is 0 Å². The summed E-state index contributed by atoms with van der Waals surface area (Å²) in [4.78, 5) is 5.17. The molecule has 0 bridgehead atoms. The molecule has 20 heavy (non-hydrogen) atoms. The smallest absolute Gasteiger partial charge is 0.00680 e. The Balaban J connectivity index is 1.62. The molecule has 2 heterocycles. The van der Waals surface area contributed by atoms with Crippen LogP contribution in [-0.2, 0) is 0 Å². The summed E-state index contributed by atoms with van der Waals surface area (Å²) in [5, 5.41) is 3.85. The molecule has 1 N–H and O–H groups in total. The van der Waals surface area contributed by atoms with E-state index in [2.05, 4.69) is 35.9 Å². The largest absolute Gasteiger partial charge is 0.314 e. The Bertz CT molecular complexity index is 253. The summed E-state index contributed by atoms with van der Waals surface area (Å²) in [6.07, 6.45) is 5.55. The highest BCUT2D eigenvalue weighted by atomic mass is 15.1. The van der Waals surface area contributed by atoms with Crippen LogP contribution < -0.4 is 5.32 Å². The average molecular weight is 281 g/mol. The lowest BCUT2D eigenvalue weighted by molar-refractivity contribution is 0.157. The van der Waals surface area contributed by atoms with Crippen molar-refractivity contribution in [1.82, 2.24) is 15.1 Å². The van der Waals surface area contributed by atoms with Gasteiger partial charge < -0.3 is 15.1 Å². The lowest BCUT2D eigenvalue weighted by Gasteiger charge is -2.36. The first-order valence-corrected chi connectivity index (χ1v) is 8.91. The highest BCUT2D eigenvalue weighted by molar-refractivity contribution is 4.81. The Labute approximate surface area is 126 Å². The van der Waals surface area contributed by atoms with Gasteiger partial charge in [0.1, 0.15) is 0 Å². The van der Waals surface area contributed by atoms with Crippen LogP contribution >= 0.6 is 0 Å². The van der Waals surface area contributed by atoms with Crippen LogP contribution in [0.2, 0.25) is 0 Å². The van der Waals surface area contributed by atoms with Gasteiger partial charge in [0.05, 0.1) is 0 Å². The zero-order valence-corrected chi connectivity index (χ0v) is 13.9. The number of hydrogen-bond donors (Lipinski definition) is 1. The Hall–Kier alpha value is -0.120. The SMILES string of the molecule is CCN1CCC(CNC(C)C2CCN(CC)CC2)CC1. The first kappa shape index (κ1) is 16.3. The summed E-state index contributed by atoms with van der Waals surface area (Å²) in [6.45, 7) is 15.9. The number of piperidine rings is 2. The van der Waals surface area contributed by atoms with Crippen molar-refractivity contribution in [2.75, 3.05) is 45.8 Å². The van der Waals surface area contributed by atoms with Crippen LogP contribution in [0.25, 0.3) is 0 Å². The second kappa shape index (κ2) is 8.35. The molecule has 0 radical (unpaired) electrons. The van der Waals surface area contributed by atoms with Gasteiger partial charge in [0.2, 0.25) is 0 Å². The fourth-order valence-electron chi connectivity index (χ4n) is 3.80. The zero-order chi connectivity index (χ0) is 14.4. The lowest BCUT2D eigenvalue weighted by Crippen LogP contribution is -2.44. The molecule has 3 heteroatoms. The minimum Gasteiger partial charge on any atom is -0.314 e. The topological polar surface area (TPSA) is 18.5 Å². The van der Waals surface area contributed by atoms with Gasteiger partial charge in [0, 0.05) is 6.04 Å². The van der Waals surface area contributed by atoms with Gasteiger partial charge in [-0.15, -0.1) is 0 Å².